The summed E-state index contributed by atoms with van der Waals surface area (Å²) in [6.07, 6.45) is -1.13. The van der Waals surface area contributed by atoms with Crippen LogP contribution in [0.15, 0.2) is 42.7 Å². The second kappa shape index (κ2) is 6.47. The zero-order chi connectivity index (χ0) is 20.1. The van der Waals surface area contributed by atoms with Crippen molar-refractivity contribution >= 4 is 11.6 Å². The molecule has 0 N–H and O–H groups in total. The van der Waals surface area contributed by atoms with E-state index in [-0.39, 0.29) is 17.4 Å². The van der Waals surface area contributed by atoms with Gasteiger partial charge in [-0.15, -0.1) is 0 Å². The first-order valence-electron chi connectivity index (χ1n) is 8.49. The van der Waals surface area contributed by atoms with Gasteiger partial charge in [-0.3, -0.25) is 9.48 Å². The molecule has 0 spiro atoms. The van der Waals surface area contributed by atoms with Crippen LogP contribution in [0.3, 0.4) is 0 Å². The lowest BCUT2D eigenvalue weighted by molar-refractivity contribution is -0.141. The fourth-order valence-corrected chi connectivity index (χ4v) is 3.28. The molecular formula is C18H15F4N5O. The highest BCUT2D eigenvalue weighted by Gasteiger charge is 2.39. The Hall–Kier alpha value is -3.17. The normalized spacial score (nSPS) is 17.5. The molecule has 1 amide bonds. The molecule has 1 aliphatic heterocycles. The van der Waals surface area contributed by atoms with E-state index in [2.05, 4.69) is 10.2 Å². The molecule has 146 valence electrons. The molecule has 1 unspecified atom stereocenters. The first kappa shape index (κ1) is 18.2. The lowest BCUT2D eigenvalue weighted by Crippen LogP contribution is -2.28. The van der Waals surface area contributed by atoms with Crippen molar-refractivity contribution < 1.29 is 22.4 Å². The summed E-state index contributed by atoms with van der Waals surface area (Å²) < 4.78 is 54.4. The highest BCUT2D eigenvalue weighted by atomic mass is 19.4. The molecule has 2 aromatic heterocycles. The lowest BCUT2D eigenvalue weighted by atomic mass is 10.2. The quantitative estimate of drug-likeness (QED) is 0.640. The molecular weight excluding hydrogens is 378 g/mol. The summed E-state index contributed by atoms with van der Waals surface area (Å²) in [6.45, 7) is 1.82. The SMILES string of the molecule is Cc1cc(C(F)(F)F)nn1C1CCN(c2cnn(-c3ccc(F)cc3)c2)C1=O. The maximum absolute atomic E-state index is 13.1. The van der Waals surface area contributed by atoms with Gasteiger partial charge in [0, 0.05) is 12.2 Å². The second-order valence-corrected chi connectivity index (χ2v) is 6.53. The number of carbonyl (C=O) groups excluding carboxylic acids is 1. The van der Waals surface area contributed by atoms with E-state index >= 15 is 0 Å². The van der Waals surface area contributed by atoms with Gasteiger partial charge in [0.1, 0.15) is 11.9 Å². The molecule has 0 aliphatic carbocycles. The number of hydrogen-bond acceptors (Lipinski definition) is 3. The predicted molar refractivity (Wildman–Crippen MR) is 91.5 cm³/mol. The Morgan fingerprint density at radius 3 is 2.50 bits per heavy atom. The van der Waals surface area contributed by atoms with Gasteiger partial charge in [-0.2, -0.15) is 23.4 Å². The molecule has 4 rings (SSSR count). The average molecular weight is 393 g/mol. The van der Waals surface area contributed by atoms with E-state index < -0.39 is 17.9 Å². The molecule has 0 saturated carbocycles. The van der Waals surface area contributed by atoms with Gasteiger partial charge >= 0.3 is 6.18 Å². The van der Waals surface area contributed by atoms with Crippen LogP contribution < -0.4 is 4.90 Å². The van der Waals surface area contributed by atoms with Crippen molar-refractivity contribution in [2.24, 2.45) is 0 Å². The molecule has 1 aromatic carbocycles. The molecule has 1 aliphatic rings. The van der Waals surface area contributed by atoms with Crippen molar-refractivity contribution in [1.82, 2.24) is 19.6 Å². The number of alkyl halides is 3. The molecule has 3 aromatic rings. The van der Waals surface area contributed by atoms with Crippen LogP contribution in [0.5, 0.6) is 0 Å². The van der Waals surface area contributed by atoms with Gasteiger partial charge in [-0.25, -0.2) is 9.07 Å². The van der Waals surface area contributed by atoms with E-state index in [1.807, 2.05) is 0 Å². The van der Waals surface area contributed by atoms with Crippen LogP contribution in [0, 0.1) is 12.7 Å². The van der Waals surface area contributed by atoms with Crippen LogP contribution in [-0.4, -0.2) is 32.0 Å². The number of halogens is 4. The molecule has 1 atom stereocenters. The van der Waals surface area contributed by atoms with E-state index in [0.717, 1.165) is 10.7 Å². The van der Waals surface area contributed by atoms with Crippen molar-refractivity contribution in [2.45, 2.75) is 25.6 Å². The van der Waals surface area contributed by atoms with E-state index in [1.54, 1.807) is 18.3 Å². The number of aryl methyl sites for hydroxylation is 1. The van der Waals surface area contributed by atoms with Gasteiger partial charge < -0.3 is 4.90 Å². The zero-order valence-electron chi connectivity index (χ0n) is 14.7. The first-order valence-corrected chi connectivity index (χ1v) is 8.49. The van der Waals surface area contributed by atoms with Crippen molar-refractivity contribution in [2.75, 3.05) is 11.4 Å². The monoisotopic (exact) mass is 393 g/mol. The Morgan fingerprint density at radius 2 is 1.86 bits per heavy atom. The molecule has 6 nitrogen and oxygen atoms in total. The lowest BCUT2D eigenvalue weighted by Gasteiger charge is -2.15. The topological polar surface area (TPSA) is 56.0 Å². The third-order valence-corrected chi connectivity index (χ3v) is 4.66. The molecule has 1 saturated heterocycles. The Balaban J connectivity index is 1.57. The minimum atomic E-state index is -4.56. The van der Waals surface area contributed by atoms with Crippen LogP contribution in [0.1, 0.15) is 23.9 Å². The van der Waals surface area contributed by atoms with Crippen LogP contribution >= 0.6 is 0 Å². The van der Waals surface area contributed by atoms with Gasteiger partial charge in [0.15, 0.2) is 5.69 Å². The smallest absolute Gasteiger partial charge is 0.308 e. The van der Waals surface area contributed by atoms with Crippen LogP contribution in [0.25, 0.3) is 5.69 Å². The fourth-order valence-electron chi connectivity index (χ4n) is 3.28. The second-order valence-electron chi connectivity index (χ2n) is 6.53. The number of anilines is 1. The van der Waals surface area contributed by atoms with E-state index in [4.69, 9.17) is 0 Å². The minimum Gasteiger partial charge on any atom is -0.308 e. The van der Waals surface area contributed by atoms with Crippen LogP contribution in [-0.2, 0) is 11.0 Å². The Bertz CT molecular complexity index is 1020. The van der Waals surface area contributed by atoms with Gasteiger partial charge in [-0.1, -0.05) is 0 Å². The summed E-state index contributed by atoms with van der Waals surface area (Å²) in [7, 11) is 0. The van der Waals surface area contributed by atoms with Crippen LogP contribution in [0.2, 0.25) is 0 Å². The highest BCUT2D eigenvalue weighted by molar-refractivity contribution is 5.98. The summed E-state index contributed by atoms with van der Waals surface area (Å²) in [4.78, 5) is 14.3. The van der Waals surface area contributed by atoms with Crippen LogP contribution in [0.4, 0.5) is 23.2 Å². The highest BCUT2D eigenvalue weighted by Crippen LogP contribution is 2.33. The third kappa shape index (κ3) is 3.14. The molecule has 1 fully saturated rings. The maximum atomic E-state index is 13.1. The zero-order valence-corrected chi connectivity index (χ0v) is 14.7. The average Bonchev–Trinajstić information content (AvgIpc) is 3.33. The largest absolute Gasteiger partial charge is 0.435 e. The number of benzene rings is 1. The maximum Gasteiger partial charge on any atom is 0.435 e. The molecule has 0 radical (unpaired) electrons. The summed E-state index contributed by atoms with van der Waals surface area (Å²) >= 11 is 0. The van der Waals surface area contributed by atoms with E-state index in [0.29, 0.717) is 24.3 Å². The van der Waals surface area contributed by atoms with Crippen molar-refractivity contribution in [3.05, 3.63) is 59.9 Å². The predicted octanol–water partition coefficient (Wildman–Crippen LogP) is 3.51. The first-order chi connectivity index (χ1) is 13.2. The molecule has 10 heteroatoms. The minimum absolute atomic E-state index is 0.273. The van der Waals surface area contributed by atoms with Gasteiger partial charge in [0.2, 0.25) is 0 Å². The number of amides is 1. The summed E-state index contributed by atoms with van der Waals surface area (Å²) in [5, 5.41) is 7.77. The summed E-state index contributed by atoms with van der Waals surface area (Å²) in [5.74, 6) is -0.722. The molecule has 0 bridgehead atoms. The third-order valence-electron chi connectivity index (χ3n) is 4.66. The molecule has 3 heterocycles. The summed E-state index contributed by atoms with van der Waals surface area (Å²) in [5.41, 5.74) is 0.390. The Morgan fingerprint density at radius 1 is 1.14 bits per heavy atom. The molecule has 28 heavy (non-hydrogen) atoms. The van der Waals surface area contributed by atoms with Gasteiger partial charge in [0.05, 0.1) is 23.8 Å². The van der Waals surface area contributed by atoms with Crippen molar-refractivity contribution in [3.8, 4) is 5.69 Å². The van der Waals surface area contributed by atoms with E-state index in [1.165, 1.54) is 34.8 Å². The number of rotatable bonds is 3. The number of hydrogen-bond donors (Lipinski definition) is 0. The van der Waals surface area contributed by atoms with Crippen molar-refractivity contribution in [1.29, 1.82) is 0 Å². The standard InChI is InChI=1S/C18H15F4N5O/c1-11-8-16(18(20,21)22)24-27(11)15-6-7-25(17(15)28)14-9-23-26(10-14)13-4-2-12(19)3-5-13/h2-5,8-10,15H,6-7H2,1H3. The van der Waals surface area contributed by atoms with Crippen molar-refractivity contribution in [3.63, 3.8) is 0 Å². The fraction of sp³-hybridized carbons (Fsp3) is 0.278. The van der Waals surface area contributed by atoms with Gasteiger partial charge in [0.25, 0.3) is 5.91 Å². The number of nitrogens with zero attached hydrogens (tertiary/aromatic N) is 5. The Labute approximate surface area is 157 Å². The number of aromatic nitrogens is 4. The summed E-state index contributed by atoms with van der Waals surface area (Å²) in [6, 6.07) is 5.82. The van der Waals surface area contributed by atoms with E-state index in [9.17, 15) is 22.4 Å². The Kier molecular flexibility index (Phi) is 4.20. The number of carbonyl (C=O) groups is 1. The van der Waals surface area contributed by atoms with Gasteiger partial charge in [-0.05, 0) is 43.7 Å².